The van der Waals surface area contributed by atoms with E-state index >= 15 is 0 Å². The Balaban J connectivity index is 0.00000364. The number of carbonyl (C=O) groups is 1. The SMILES string of the molecule is C=CCNC(=NCC(=O)N(C)C)N1CCN(c2nccn(C)c2=O)CC1.I. The number of anilines is 1. The van der Waals surface area contributed by atoms with Gasteiger partial charge in [0.2, 0.25) is 5.91 Å². The van der Waals surface area contributed by atoms with Gasteiger partial charge in [-0.05, 0) is 0 Å². The first kappa shape index (κ1) is 22.9. The second-order valence-corrected chi connectivity index (χ2v) is 6.24. The molecule has 10 heteroatoms. The Hall–Kier alpha value is -2.11. The summed E-state index contributed by atoms with van der Waals surface area (Å²) in [6, 6.07) is 0. The van der Waals surface area contributed by atoms with Crippen LogP contribution in [-0.4, -0.2) is 84.6 Å². The Labute approximate surface area is 176 Å². The summed E-state index contributed by atoms with van der Waals surface area (Å²) in [7, 11) is 5.14. The molecule has 1 aliphatic rings. The summed E-state index contributed by atoms with van der Waals surface area (Å²) in [6.07, 6.45) is 5.03. The average molecular weight is 489 g/mol. The predicted octanol–water partition coefficient (Wildman–Crippen LogP) is -0.260. The number of amides is 1. The Morgan fingerprint density at radius 1 is 1.37 bits per heavy atom. The third-order valence-electron chi connectivity index (χ3n) is 4.14. The number of hydrogen-bond donors (Lipinski definition) is 1. The lowest BCUT2D eigenvalue weighted by Crippen LogP contribution is -2.54. The number of carbonyl (C=O) groups excluding carboxylic acids is 1. The molecule has 150 valence electrons. The van der Waals surface area contributed by atoms with Crippen LogP contribution in [0.25, 0.3) is 0 Å². The molecule has 1 aliphatic heterocycles. The van der Waals surface area contributed by atoms with E-state index in [2.05, 4.69) is 26.8 Å². The number of nitrogens with one attached hydrogen (secondary N) is 1. The van der Waals surface area contributed by atoms with Crippen molar-refractivity contribution in [2.45, 2.75) is 0 Å². The zero-order valence-corrected chi connectivity index (χ0v) is 18.4. The number of hydrogen-bond acceptors (Lipinski definition) is 5. The number of likely N-dealkylation sites (N-methyl/N-ethyl adjacent to an activating group) is 1. The third kappa shape index (κ3) is 6.22. The maximum Gasteiger partial charge on any atom is 0.293 e. The van der Waals surface area contributed by atoms with Crippen LogP contribution in [0.3, 0.4) is 0 Å². The fourth-order valence-corrected chi connectivity index (χ4v) is 2.55. The van der Waals surface area contributed by atoms with Crippen molar-refractivity contribution in [2.24, 2.45) is 12.0 Å². The van der Waals surface area contributed by atoms with Crippen LogP contribution < -0.4 is 15.8 Å². The maximum absolute atomic E-state index is 12.2. The number of guanidine groups is 1. The minimum Gasteiger partial charge on any atom is -0.353 e. The predicted molar refractivity (Wildman–Crippen MR) is 118 cm³/mol. The molecule has 0 aliphatic carbocycles. The molecule has 0 saturated carbocycles. The second-order valence-electron chi connectivity index (χ2n) is 6.24. The molecular weight excluding hydrogens is 461 g/mol. The van der Waals surface area contributed by atoms with Crippen molar-refractivity contribution in [2.75, 3.05) is 58.3 Å². The molecule has 1 aromatic rings. The summed E-state index contributed by atoms with van der Waals surface area (Å²) >= 11 is 0. The van der Waals surface area contributed by atoms with Crippen molar-refractivity contribution >= 4 is 41.7 Å². The van der Waals surface area contributed by atoms with E-state index in [1.165, 1.54) is 9.47 Å². The quantitative estimate of drug-likeness (QED) is 0.266. The first-order valence-electron chi connectivity index (χ1n) is 8.55. The van der Waals surface area contributed by atoms with E-state index < -0.39 is 0 Å². The zero-order chi connectivity index (χ0) is 19.1. The lowest BCUT2D eigenvalue weighted by molar-refractivity contribution is -0.127. The first-order chi connectivity index (χ1) is 12.4. The van der Waals surface area contributed by atoms with Crippen LogP contribution >= 0.6 is 24.0 Å². The van der Waals surface area contributed by atoms with Gasteiger partial charge < -0.3 is 24.6 Å². The largest absolute Gasteiger partial charge is 0.353 e. The topological polar surface area (TPSA) is 86.1 Å². The van der Waals surface area contributed by atoms with Gasteiger partial charge in [-0.15, -0.1) is 30.6 Å². The van der Waals surface area contributed by atoms with E-state index in [4.69, 9.17) is 0 Å². The number of halogens is 1. The molecule has 1 amide bonds. The number of aromatic nitrogens is 2. The van der Waals surface area contributed by atoms with E-state index in [9.17, 15) is 9.59 Å². The molecule has 0 radical (unpaired) electrons. The molecule has 2 rings (SSSR count). The van der Waals surface area contributed by atoms with E-state index in [-0.39, 0.29) is 42.0 Å². The molecule has 2 heterocycles. The highest BCUT2D eigenvalue weighted by atomic mass is 127. The minimum atomic E-state index is -0.101. The monoisotopic (exact) mass is 489 g/mol. The smallest absolute Gasteiger partial charge is 0.293 e. The number of nitrogens with zero attached hydrogens (tertiary/aromatic N) is 6. The number of aliphatic imine (C=N–C) groups is 1. The molecule has 0 bridgehead atoms. The highest BCUT2D eigenvalue weighted by Crippen LogP contribution is 2.09. The lowest BCUT2D eigenvalue weighted by Gasteiger charge is -2.36. The number of rotatable bonds is 5. The van der Waals surface area contributed by atoms with Crippen LogP contribution in [-0.2, 0) is 11.8 Å². The Morgan fingerprint density at radius 3 is 2.63 bits per heavy atom. The first-order valence-corrected chi connectivity index (χ1v) is 8.55. The van der Waals surface area contributed by atoms with Crippen molar-refractivity contribution in [1.82, 2.24) is 24.7 Å². The molecule has 27 heavy (non-hydrogen) atoms. The fraction of sp³-hybridized carbons (Fsp3) is 0.529. The van der Waals surface area contributed by atoms with Crippen LogP contribution in [0.15, 0.2) is 34.8 Å². The standard InChI is InChI=1S/C17H27N7O2.HI/c1-5-6-19-17(20-13-14(25)21(2)3)24-11-9-23(10-12-24)15-16(26)22(4)8-7-18-15;/h5,7-8H,1,6,9-13H2,2-4H3,(H,19,20);1H. The van der Waals surface area contributed by atoms with Crippen LogP contribution in [0.2, 0.25) is 0 Å². The number of aryl methyl sites for hydroxylation is 1. The summed E-state index contributed by atoms with van der Waals surface area (Å²) in [5, 5.41) is 3.20. The van der Waals surface area contributed by atoms with E-state index in [1.807, 2.05) is 4.90 Å². The van der Waals surface area contributed by atoms with Gasteiger partial charge in [0, 0.05) is 66.3 Å². The minimum absolute atomic E-state index is 0. The normalized spacial score (nSPS) is 14.4. The highest BCUT2D eigenvalue weighted by molar-refractivity contribution is 14.0. The van der Waals surface area contributed by atoms with Crippen molar-refractivity contribution in [3.63, 3.8) is 0 Å². The summed E-state index contributed by atoms with van der Waals surface area (Å²) in [5.41, 5.74) is -0.101. The fourth-order valence-electron chi connectivity index (χ4n) is 2.55. The highest BCUT2D eigenvalue weighted by Gasteiger charge is 2.22. The molecule has 0 spiro atoms. The molecule has 1 saturated heterocycles. The van der Waals surface area contributed by atoms with Crippen molar-refractivity contribution in [3.8, 4) is 0 Å². The van der Waals surface area contributed by atoms with E-state index in [0.29, 0.717) is 44.5 Å². The Morgan fingerprint density at radius 2 is 2.04 bits per heavy atom. The van der Waals surface area contributed by atoms with Crippen molar-refractivity contribution in [1.29, 1.82) is 0 Å². The average Bonchev–Trinajstić information content (AvgIpc) is 2.64. The van der Waals surface area contributed by atoms with Gasteiger partial charge in [0.1, 0.15) is 6.54 Å². The summed E-state index contributed by atoms with van der Waals surface area (Å²) in [4.78, 5) is 38.3. The molecule has 0 aromatic carbocycles. The lowest BCUT2D eigenvalue weighted by atomic mass is 10.3. The van der Waals surface area contributed by atoms with E-state index in [1.54, 1.807) is 39.6 Å². The molecule has 9 nitrogen and oxygen atoms in total. The Kier molecular flexibility index (Phi) is 9.26. The van der Waals surface area contributed by atoms with Gasteiger partial charge in [0.05, 0.1) is 0 Å². The second kappa shape index (κ2) is 10.9. The molecule has 0 atom stereocenters. The maximum atomic E-state index is 12.2. The number of piperazine rings is 1. The molecule has 1 N–H and O–H groups in total. The van der Waals surface area contributed by atoms with Gasteiger partial charge in [-0.3, -0.25) is 9.59 Å². The van der Waals surface area contributed by atoms with Crippen molar-refractivity contribution < 1.29 is 4.79 Å². The molecule has 1 aromatic heterocycles. The van der Waals surface area contributed by atoms with Gasteiger partial charge >= 0.3 is 0 Å². The summed E-state index contributed by atoms with van der Waals surface area (Å²) in [6.45, 7) is 7.03. The Bertz CT molecular complexity index is 724. The summed E-state index contributed by atoms with van der Waals surface area (Å²) in [5.74, 6) is 1.09. The van der Waals surface area contributed by atoms with Gasteiger partial charge in [-0.25, -0.2) is 9.98 Å². The molecule has 0 unspecified atom stereocenters. The third-order valence-corrected chi connectivity index (χ3v) is 4.14. The van der Waals surface area contributed by atoms with E-state index in [0.717, 1.165) is 0 Å². The van der Waals surface area contributed by atoms with Crippen LogP contribution in [0.5, 0.6) is 0 Å². The molecule has 1 fully saturated rings. The zero-order valence-electron chi connectivity index (χ0n) is 16.1. The molecular formula is C17H28IN7O2. The van der Waals surface area contributed by atoms with Crippen LogP contribution in [0.4, 0.5) is 5.82 Å². The van der Waals surface area contributed by atoms with Crippen molar-refractivity contribution in [3.05, 3.63) is 35.4 Å². The van der Waals surface area contributed by atoms with Gasteiger partial charge in [-0.2, -0.15) is 0 Å². The van der Waals surface area contributed by atoms with Crippen LogP contribution in [0, 0.1) is 0 Å². The van der Waals surface area contributed by atoms with Gasteiger partial charge in [0.15, 0.2) is 11.8 Å². The van der Waals surface area contributed by atoms with Crippen LogP contribution in [0.1, 0.15) is 0 Å². The summed E-state index contributed by atoms with van der Waals surface area (Å²) < 4.78 is 1.53. The van der Waals surface area contributed by atoms with Gasteiger partial charge in [0.25, 0.3) is 5.56 Å². The van der Waals surface area contributed by atoms with Gasteiger partial charge in [-0.1, -0.05) is 6.08 Å².